The molecule has 0 radical (unpaired) electrons. The first-order valence-electron chi connectivity index (χ1n) is 8.31. The van der Waals surface area contributed by atoms with Gasteiger partial charge in [0.2, 0.25) is 0 Å². The van der Waals surface area contributed by atoms with Crippen molar-refractivity contribution in [3.05, 3.63) is 36.1 Å². The summed E-state index contributed by atoms with van der Waals surface area (Å²) in [5.74, 6) is 2.58. The number of likely N-dealkylation sites (tertiary alicyclic amines) is 1. The maximum absolute atomic E-state index is 12.7. The zero-order valence-corrected chi connectivity index (χ0v) is 14.4. The fraction of sp³-hybridized carbons (Fsp3) is 0.421. The molecule has 1 fully saturated rings. The van der Waals surface area contributed by atoms with Gasteiger partial charge in [0.1, 0.15) is 11.5 Å². The van der Waals surface area contributed by atoms with Gasteiger partial charge in [-0.15, -0.1) is 0 Å². The number of methoxy groups -OCH3 is 1. The molecule has 1 aromatic heterocycles. The number of anilines is 1. The second-order valence-corrected chi connectivity index (χ2v) is 6.78. The number of hydrogen-bond acceptors (Lipinski definition) is 4. The monoisotopic (exact) mass is 328 g/mol. The SMILES string of the molecule is COc1ccc(N)cc1-c1ccc(C(=O)N2CC(C)CC(C)C2)o1. The molecule has 2 N–H and O–H groups in total. The van der Waals surface area contributed by atoms with Gasteiger partial charge in [-0.3, -0.25) is 4.79 Å². The fourth-order valence-corrected chi connectivity index (χ4v) is 3.50. The quantitative estimate of drug-likeness (QED) is 0.873. The Morgan fingerprint density at radius 2 is 1.92 bits per heavy atom. The van der Waals surface area contributed by atoms with E-state index in [1.54, 1.807) is 37.4 Å². The summed E-state index contributed by atoms with van der Waals surface area (Å²) in [4.78, 5) is 14.6. The molecular weight excluding hydrogens is 304 g/mol. The van der Waals surface area contributed by atoms with E-state index in [4.69, 9.17) is 14.9 Å². The van der Waals surface area contributed by atoms with Crippen LogP contribution in [0.5, 0.6) is 5.75 Å². The molecule has 0 saturated carbocycles. The van der Waals surface area contributed by atoms with E-state index in [2.05, 4.69) is 13.8 Å². The average molecular weight is 328 g/mol. The first-order chi connectivity index (χ1) is 11.5. The van der Waals surface area contributed by atoms with Crippen LogP contribution in [0.15, 0.2) is 34.7 Å². The highest BCUT2D eigenvalue weighted by Gasteiger charge is 2.28. The van der Waals surface area contributed by atoms with Gasteiger partial charge in [0, 0.05) is 18.8 Å². The number of benzene rings is 1. The number of hydrogen-bond donors (Lipinski definition) is 1. The van der Waals surface area contributed by atoms with Gasteiger partial charge >= 0.3 is 0 Å². The number of nitrogens with zero attached hydrogens (tertiary/aromatic N) is 1. The summed E-state index contributed by atoms with van der Waals surface area (Å²) in [6.07, 6.45) is 1.16. The third-order valence-electron chi connectivity index (χ3n) is 4.46. The number of ether oxygens (including phenoxy) is 1. The highest BCUT2D eigenvalue weighted by molar-refractivity contribution is 5.92. The summed E-state index contributed by atoms with van der Waals surface area (Å²) in [6.45, 7) is 5.92. The highest BCUT2D eigenvalue weighted by atomic mass is 16.5. The molecule has 1 aromatic carbocycles. The van der Waals surface area contributed by atoms with Crippen molar-refractivity contribution in [3.8, 4) is 17.1 Å². The normalized spacial score (nSPS) is 20.9. The lowest BCUT2D eigenvalue weighted by molar-refractivity contribution is 0.0592. The molecule has 3 rings (SSSR count). The molecule has 5 heteroatoms. The average Bonchev–Trinajstić information content (AvgIpc) is 3.03. The summed E-state index contributed by atoms with van der Waals surface area (Å²) >= 11 is 0. The first kappa shape index (κ1) is 16.4. The van der Waals surface area contributed by atoms with Gasteiger partial charge in [0.15, 0.2) is 5.76 Å². The summed E-state index contributed by atoms with van der Waals surface area (Å²) in [7, 11) is 1.60. The van der Waals surface area contributed by atoms with Gasteiger partial charge < -0.3 is 19.8 Å². The molecule has 2 aromatic rings. The van der Waals surface area contributed by atoms with Crippen LogP contribution in [0.25, 0.3) is 11.3 Å². The van der Waals surface area contributed by atoms with Crippen molar-refractivity contribution in [2.45, 2.75) is 20.3 Å². The number of amides is 1. The molecule has 2 unspecified atom stereocenters. The summed E-state index contributed by atoms with van der Waals surface area (Å²) in [5.41, 5.74) is 7.23. The molecule has 0 bridgehead atoms. The Kier molecular flexibility index (Phi) is 4.51. The molecule has 2 atom stereocenters. The van der Waals surface area contributed by atoms with Crippen molar-refractivity contribution in [2.24, 2.45) is 11.8 Å². The third kappa shape index (κ3) is 3.25. The van der Waals surface area contributed by atoms with Crippen LogP contribution in [0.1, 0.15) is 30.8 Å². The second kappa shape index (κ2) is 6.59. The number of furan rings is 1. The largest absolute Gasteiger partial charge is 0.496 e. The van der Waals surface area contributed by atoms with Gasteiger partial charge in [-0.05, 0) is 48.6 Å². The van der Waals surface area contributed by atoms with Crippen molar-refractivity contribution in [3.63, 3.8) is 0 Å². The van der Waals surface area contributed by atoms with Crippen LogP contribution in [-0.4, -0.2) is 31.0 Å². The van der Waals surface area contributed by atoms with Crippen molar-refractivity contribution in [1.29, 1.82) is 0 Å². The molecule has 2 heterocycles. The van der Waals surface area contributed by atoms with E-state index >= 15 is 0 Å². The molecule has 5 nitrogen and oxygen atoms in total. The predicted molar refractivity (Wildman–Crippen MR) is 94.0 cm³/mol. The second-order valence-electron chi connectivity index (χ2n) is 6.78. The molecule has 0 aliphatic carbocycles. The standard InChI is InChI=1S/C19H24N2O3/c1-12-8-13(2)11-21(10-12)19(22)18-7-6-17(24-18)15-9-14(20)4-5-16(15)23-3/h4-7,9,12-13H,8,10-11,20H2,1-3H3. The van der Waals surface area contributed by atoms with E-state index in [1.807, 2.05) is 4.90 Å². The van der Waals surface area contributed by atoms with Crippen molar-refractivity contribution >= 4 is 11.6 Å². The molecule has 1 amide bonds. The predicted octanol–water partition coefficient (Wildman–Crippen LogP) is 3.66. The Balaban J connectivity index is 1.85. The van der Waals surface area contributed by atoms with Crippen LogP contribution in [0.2, 0.25) is 0 Å². The lowest BCUT2D eigenvalue weighted by Crippen LogP contribution is -2.42. The Labute approximate surface area is 142 Å². The van der Waals surface area contributed by atoms with Crippen LogP contribution in [0, 0.1) is 11.8 Å². The van der Waals surface area contributed by atoms with Gasteiger partial charge in [0.25, 0.3) is 5.91 Å². The van der Waals surface area contributed by atoms with Crippen LogP contribution in [-0.2, 0) is 0 Å². The van der Waals surface area contributed by atoms with Gasteiger partial charge in [-0.25, -0.2) is 0 Å². The maximum Gasteiger partial charge on any atom is 0.289 e. The minimum atomic E-state index is -0.0532. The number of nitrogen functional groups attached to an aromatic ring is 1. The maximum atomic E-state index is 12.7. The fourth-order valence-electron chi connectivity index (χ4n) is 3.50. The molecule has 1 aliphatic rings. The smallest absolute Gasteiger partial charge is 0.289 e. The molecule has 1 aliphatic heterocycles. The first-order valence-corrected chi connectivity index (χ1v) is 8.31. The van der Waals surface area contributed by atoms with Crippen LogP contribution in [0.3, 0.4) is 0 Å². The van der Waals surface area contributed by atoms with Gasteiger partial charge in [-0.1, -0.05) is 13.8 Å². The lowest BCUT2D eigenvalue weighted by atomic mass is 9.92. The van der Waals surface area contributed by atoms with E-state index in [-0.39, 0.29) is 5.91 Å². The molecule has 128 valence electrons. The minimum Gasteiger partial charge on any atom is -0.496 e. The number of nitrogens with two attached hydrogens (primary N) is 1. The third-order valence-corrected chi connectivity index (χ3v) is 4.46. The number of rotatable bonds is 3. The number of carbonyl (C=O) groups is 1. The van der Waals surface area contributed by atoms with Crippen molar-refractivity contribution in [2.75, 3.05) is 25.9 Å². The van der Waals surface area contributed by atoms with Gasteiger partial charge in [-0.2, -0.15) is 0 Å². The molecule has 1 saturated heterocycles. The zero-order chi connectivity index (χ0) is 17.3. The van der Waals surface area contributed by atoms with Gasteiger partial charge in [0.05, 0.1) is 12.7 Å². The number of carbonyl (C=O) groups excluding carboxylic acids is 1. The molecular formula is C19H24N2O3. The van der Waals surface area contributed by atoms with Crippen LogP contribution >= 0.6 is 0 Å². The number of piperidine rings is 1. The van der Waals surface area contributed by atoms with E-state index in [0.717, 1.165) is 25.1 Å². The summed E-state index contributed by atoms with van der Waals surface area (Å²) < 4.78 is 11.2. The Bertz CT molecular complexity index is 728. The summed E-state index contributed by atoms with van der Waals surface area (Å²) in [5, 5.41) is 0. The zero-order valence-electron chi connectivity index (χ0n) is 14.4. The Morgan fingerprint density at radius 3 is 2.58 bits per heavy atom. The Morgan fingerprint density at radius 1 is 1.21 bits per heavy atom. The topological polar surface area (TPSA) is 68.7 Å². The molecule has 24 heavy (non-hydrogen) atoms. The van der Waals surface area contributed by atoms with Crippen LogP contribution in [0.4, 0.5) is 5.69 Å². The minimum absolute atomic E-state index is 0.0532. The van der Waals surface area contributed by atoms with E-state index in [9.17, 15) is 4.79 Å². The van der Waals surface area contributed by atoms with Crippen molar-refractivity contribution in [1.82, 2.24) is 4.90 Å². The highest BCUT2D eigenvalue weighted by Crippen LogP contribution is 2.33. The van der Waals surface area contributed by atoms with E-state index in [0.29, 0.717) is 34.8 Å². The Hall–Kier alpha value is -2.43. The van der Waals surface area contributed by atoms with Crippen LogP contribution < -0.4 is 10.5 Å². The van der Waals surface area contributed by atoms with E-state index in [1.165, 1.54) is 0 Å². The van der Waals surface area contributed by atoms with Crippen molar-refractivity contribution < 1.29 is 13.9 Å². The molecule has 0 spiro atoms. The lowest BCUT2D eigenvalue weighted by Gasteiger charge is -2.34. The summed E-state index contributed by atoms with van der Waals surface area (Å²) in [6, 6.07) is 8.87. The van der Waals surface area contributed by atoms with E-state index < -0.39 is 0 Å².